The Morgan fingerprint density at radius 3 is 2.78 bits per heavy atom. The molecule has 2 rings (SSSR count). The first kappa shape index (κ1) is 13.3. The van der Waals surface area contributed by atoms with Crippen molar-refractivity contribution in [3.8, 4) is 0 Å². The first-order valence-electron chi connectivity index (χ1n) is 7.05. The lowest BCUT2D eigenvalue weighted by Gasteiger charge is -2.30. The highest BCUT2D eigenvalue weighted by Crippen LogP contribution is 2.27. The summed E-state index contributed by atoms with van der Waals surface area (Å²) in [7, 11) is 2.15. The lowest BCUT2D eigenvalue weighted by molar-refractivity contribution is 0.321. The highest BCUT2D eigenvalue weighted by Gasteiger charge is 2.19. The monoisotopic (exact) mass is 247 g/mol. The predicted molar refractivity (Wildman–Crippen MR) is 76.8 cm³/mol. The average Bonchev–Trinajstić information content (AvgIpc) is 2.31. The van der Waals surface area contributed by atoms with Crippen LogP contribution in [0, 0.1) is 5.92 Å². The molecule has 18 heavy (non-hydrogen) atoms. The van der Waals surface area contributed by atoms with Crippen LogP contribution >= 0.6 is 0 Å². The van der Waals surface area contributed by atoms with Gasteiger partial charge in [0, 0.05) is 26.2 Å². The highest BCUT2D eigenvalue weighted by molar-refractivity contribution is 5.38. The fourth-order valence-electron chi connectivity index (χ4n) is 2.24. The fraction of sp³-hybridized carbons (Fsp3) is 0.667. The van der Waals surface area contributed by atoms with Crippen LogP contribution < -0.4 is 10.2 Å². The lowest BCUT2D eigenvalue weighted by Crippen LogP contribution is -2.30. The van der Waals surface area contributed by atoms with Crippen molar-refractivity contribution in [2.75, 3.05) is 18.5 Å². The molecule has 0 aliphatic heterocycles. The van der Waals surface area contributed by atoms with Crippen LogP contribution in [0.3, 0.4) is 0 Å². The smallest absolute Gasteiger partial charge is 0.128 e. The molecular formula is C15H25N3. The SMILES string of the molecule is CC(C)NCc1cccc(N(C)CC2CCC2)n1. The van der Waals surface area contributed by atoms with Gasteiger partial charge in [0.1, 0.15) is 5.82 Å². The molecule has 0 atom stereocenters. The number of rotatable bonds is 6. The van der Waals surface area contributed by atoms with Crippen molar-refractivity contribution in [2.24, 2.45) is 5.92 Å². The van der Waals surface area contributed by atoms with Gasteiger partial charge in [-0.2, -0.15) is 0 Å². The van der Waals surface area contributed by atoms with Gasteiger partial charge in [-0.3, -0.25) is 0 Å². The maximum Gasteiger partial charge on any atom is 0.128 e. The Kier molecular flexibility index (Phi) is 4.59. The molecule has 0 spiro atoms. The van der Waals surface area contributed by atoms with E-state index in [0.29, 0.717) is 6.04 Å². The Morgan fingerprint density at radius 1 is 1.39 bits per heavy atom. The molecule has 0 saturated heterocycles. The van der Waals surface area contributed by atoms with Crippen LogP contribution in [-0.4, -0.2) is 24.6 Å². The van der Waals surface area contributed by atoms with Gasteiger partial charge in [-0.15, -0.1) is 0 Å². The lowest BCUT2D eigenvalue weighted by atomic mass is 9.85. The number of anilines is 1. The molecule has 1 aromatic rings. The quantitative estimate of drug-likeness (QED) is 0.838. The van der Waals surface area contributed by atoms with Gasteiger partial charge < -0.3 is 10.2 Å². The zero-order valence-corrected chi connectivity index (χ0v) is 11.8. The summed E-state index contributed by atoms with van der Waals surface area (Å²) < 4.78 is 0. The molecule has 1 aliphatic rings. The van der Waals surface area contributed by atoms with E-state index in [2.05, 4.69) is 49.3 Å². The van der Waals surface area contributed by atoms with Crippen LogP contribution in [0.15, 0.2) is 18.2 Å². The summed E-state index contributed by atoms with van der Waals surface area (Å²) >= 11 is 0. The molecule has 0 bridgehead atoms. The van der Waals surface area contributed by atoms with Crippen LogP contribution in [0.5, 0.6) is 0 Å². The average molecular weight is 247 g/mol. The largest absolute Gasteiger partial charge is 0.359 e. The van der Waals surface area contributed by atoms with Crippen molar-refractivity contribution in [1.82, 2.24) is 10.3 Å². The van der Waals surface area contributed by atoms with E-state index < -0.39 is 0 Å². The van der Waals surface area contributed by atoms with Gasteiger partial charge in [-0.1, -0.05) is 26.3 Å². The molecule has 0 aromatic carbocycles. The van der Waals surface area contributed by atoms with Gasteiger partial charge >= 0.3 is 0 Å². The summed E-state index contributed by atoms with van der Waals surface area (Å²) in [6.45, 7) is 6.32. The Bertz CT molecular complexity index is 372. The molecule has 1 fully saturated rings. The molecule has 1 saturated carbocycles. The molecule has 1 N–H and O–H groups in total. The van der Waals surface area contributed by atoms with Crippen molar-refractivity contribution >= 4 is 5.82 Å². The summed E-state index contributed by atoms with van der Waals surface area (Å²) in [6, 6.07) is 6.81. The Balaban J connectivity index is 1.92. The van der Waals surface area contributed by atoms with E-state index >= 15 is 0 Å². The van der Waals surface area contributed by atoms with Crippen LogP contribution in [0.4, 0.5) is 5.82 Å². The van der Waals surface area contributed by atoms with Crippen molar-refractivity contribution in [2.45, 2.75) is 45.7 Å². The zero-order valence-electron chi connectivity index (χ0n) is 11.8. The summed E-state index contributed by atoms with van der Waals surface area (Å²) in [6.07, 6.45) is 4.18. The van der Waals surface area contributed by atoms with E-state index in [4.69, 9.17) is 4.98 Å². The highest BCUT2D eigenvalue weighted by atomic mass is 15.2. The second-order valence-electron chi connectivity index (χ2n) is 5.70. The number of hydrogen-bond acceptors (Lipinski definition) is 3. The van der Waals surface area contributed by atoms with E-state index in [1.165, 1.54) is 19.3 Å². The summed E-state index contributed by atoms with van der Waals surface area (Å²) in [4.78, 5) is 7.01. The third-order valence-corrected chi connectivity index (χ3v) is 3.63. The predicted octanol–water partition coefficient (Wildman–Crippen LogP) is 2.82. The van der Waals surface area contributed by atoms with Crippen LogP contribution in [-0.2, 0) is 6.54 Å². The summed E-state index contributed by atoms with van der Waals surface area (Å²) in [5, 5.41) is 3.41. The maximum atomic E-state index is 4.72. The minimum atomic E-state index is 0.503. The van der Waals surface area contributed by atoms with Gasteiger partial charge in [0.25, 0.3) is 0 Å². The van der Waals surface area contributed by atoms with Gasteiger partial charge in [0.05, 0.1) is 5.69 Å². The molecule has 0 amide bonds. The molecular weight excluding hydrogens is 222 g/mol. The molecule has 100 valence electrons. The minimum absolute atomic E-state index is 0.503. The van der Waals surface area contributed by atoms with E-state index in [1.807, 2.05) is 0 Å². The van der Waals surface area contributed by atoms with Gasteiger partial charge in [-0.25, -0.2) is 4.98 Å². The number of hydrogen-bond donors (Lipinski definition) is 1. The van der Waals surface area contributed by atoms with Gasteiger partial charge in [0.2, 0.25) is 0 Å². The summed E-state index contributed by atoms with van der Waals surface area (Å²) in [5.74, 6) is 1.99. The van der Waals surface area contributed by atoms with Crippen molar-refractivity contribution < 1.29 is 0 Å². The molecule has 3 heteroatoms. The Labute approximate surface area is 111 Å². The second-order valence-corrected chi connectivity index (χ2v) is 5.70. The first-order valence-corrected chi connectivity index (χ1v) is 7.05. The Hall–Kier alpha value is -1.09. The molecule has 3 nitrogen and oxygen atoms in total. The van der Waals surface area contributed by atoms with Gasteiger partial charge in [-0.05, 0) is 30.9 Å². The van der Waals surface area contributed by atoms with Crippen LogP contribution in [0.1, 0.15) is 38.8 Å². The molecule has 1 heterocycles. The van der Waals surface area contributed by atoms with Crippen molar-refractivity contribution in [3.63, 3.8) is 0 Å². The number of pyridine rings is 1. The topological polar surface area (TPSA) is 28.2 Å². The maximum absolute atomic E-state index is 4.72. The standard InChI is InChI=1S/C15H25N3/c1-12(2)16-10-14-8-5-9-15(17-14)18(3)11-13-6-4-7-13/h5,8-9,12-13,16H,4,6-7,10-11H2,1-3H3. The minimum Gasteiger partial charge on any atom is -0.359 e. The van der Waals surface area contributed by atoms with E-state index in [1.54, 1.807) is 0 Å². The van der Waals surface area contributed by atoms with E-state index in [-0.39, 0.29) is 0 Å². The first-order chi connectivity index (χ1) is 8.65. The number of aromatic nitrogens is 1. The molecule has 1 aromatic heterocycles. The number of nitrogens with zero attached hydrogens (tertiary/aromatic N) is 2. The summed E-state index contributed by atoms with van der Waals surface area (Å²) in [5.41, 5.74) is 1.13. The molecule has 1 aliphatic carbocycles. The zero-order chi connectivity index (χ0) is 13.0. The third-order valence-electron chi connectivity index (χ3n) is 3.63. The van der Waals surface area contributed by atoms with E-state index in [0.717, 1.165) is 30.5 Å². The second kappa shape index (κ2) is 6.19. The normalized spacial score (nSPS) is 15.8. The van der Waals surface area contributed by atoms with Crippen LogP contribution in [0.25, 0.3) is 0 Å². The number of nitrogens with one attached hydrogen (secondary N) is 1. The van der Waals surface area contributed by atoms with Crippen molar-refractivity contribution in [3.05, 3.63) is 23.9 Å². The van der Waals surface area contributed by atoms with Gasteiger partial charge in [0.15, 0.2) is 0 Å². The Morgan fingerprint density at radius 2 is 2.17 bits per heavy atom. The third kappa shape index (κ3) is 3.70. The fourth-order valence-corrected chi connectivity index (χ4v) is 2.24. The molecule has 0 radical (unpaired) electrons. The van der Waals surface area contributed by atoms with E-state index in [9.17, 15) is 0 Å². The van der Waals surface area contributed by atoms with Crippen molar-refractivity contribution in [1.29, 1.82) is 0 Å². The molecule has 0 unspecified atom stereocenters. The van der Waals surface area contributed by atoms with Crippen LogP contribution in [0.2, 0.25) is 0 Å².